The van der Waals surface area contributed by atoms with Crippen LogP contribution in [0.2, 0.25) is 12.6 Å². The van der Waals surface area contributed by atoms with Crippen LogP contribution >= 0.6 is 0 Å². The molecule has 0 spiro atoms. The van der Waals surface area contributed by atoms with E-state index in [1.165, 1.54) is 64.2 Å². The van der Waals surface area contributed by atoms with Gasteiger partial charge in [0.05, 0.1) is 19.4 Å². The molecular weight excluding hydrogens is 551 g/mol. The molecule has 0 saturated heterocycles. The Kier molecular flexibility index (Phi) is 8.65. The average Bonchev–Trinajstić information content (AvgIpc) is 3.63. The lowest BCUT2D eigenvalue weighted by atomic mass is 9.96. The van der Waals surface area contributed by atoms with Crippen LogP contribution in [0, 0.1) is 6.92 Å². The third kappa shape index (κ3) is 5.58. The second-order valence-corrected chi connectivity index (χ2v) is 19.0. The summed E-state index contributed by atoms with van der Waals surface area (Å²) >= 11 is 0. The fourth-order valence-electron chi connectivity index (χ4n) is 8.23. The van der Waals surface area contributed by atoms with E-state index in [0.717, 1.165) is 25.9 Å². The molecule has 0 bridgehead atoms. The molecule has 3 unspecified atom stereocenters. The zero-order valence-electron chi connectivity index (χ0n) is 27.9. The second kappa shape index (κ2) is 12.3. The zero-order valence-corrected chi connectivity index (χ0v) is 28.9. The summed E-state index contributed by atoms with van der Waals surface area (Å²) in [5.74, 6) is 0.478. The number of aromatic nitrogens is 1. The van der Waals surface area contributed by atoms with Crippen molar-refractivity contribution in [2.24, 2.45) is 7.05 Å². The molecule has 2 nitrogen and oxygen atoms in total. The first-order chi connectivity index (χ1) is 21.1. The molecule has 2 aliphatic rings. The number of unbranched alkanes of at least 4 members (excludes halogenated alkanes) is 3. The van der Waals surface area contributed by atoms with E-state index in [2.05, 4.69) is 131 Å². The molecule has 230 valence electrons. The molecule has 3 aromatic carbocycles. The number of ether oxygens (including phenoxy) is 1. The molecule has 0 amide bonds. The highest BCUT2D eigenvalue weighted by Crippen LogP contribution is 2.58. The molecule has 0 radical (unpaired) electrons. The minimum Gasteiger partial charge on any atom is -0.376 e. The van der Waals surface area contributed by atoms with Crippen molar-refractivity contribution in [2.75, 3.05) is 6.61 Å². The van der Waals surface area contributed by atoms with E-state index in [9.17, 15) is 0 Å². The molecule has 0 aliphatic heterocycles. The fourth-order valence-corrected chi connectivity index (χ4v) is 13.4. The first-order valence-corrected chi connectivity index (χ1v) is 19.7. The van der Waals surface area contributed by atoms with E-state index in [0.29, 0.717) is 11.5 Å². The summed E-state index contributed by atoms with van der Waals surface area (Å²) in [6.07, 6.45) is 11.9. The predicted molar refractivity (Wildman–Crippen MR) is 192 cm³/mol. The maximum atomic E-state index is 6.04. The van der Waals surface area contributed by atoms with Crippen LogP contribution in [0.25, 0.3) is 27.4 Å². The molecule has 2 aliphatic carbocycles. The Hall–Kier alpha value is -3.14. The third-order valence-corrected chi connectivity index (χ3v) is 15.2. The van der Waals surface area contributed by atoms with Crippen molar-refractivity contribution in [1.29, 1.82) is 0 Å². The molecular formula is C41H51NOSi. The van der Waals surface area contributed by atoms with E-state index in [-0.39, 0.29) is 5.60 Å². The Balaban J connectivity index is 1.45. The first kappa shape index (κ1) is 30.9. The molecule has 3 heteroatoms. The number of hydrogen-bond donors (Lipinski definition) is 0. The standard InChI is InChI=1S/C41H51NOSi/c1-8-9-18-30-28-37(32-20-13-12-19-31(30)32)44(7,26-17-11-10-16-25-43-41(3,4)5)40-34-22-15-14-21-33(34)39-38(40)35-27-29(2)23-24-36(35)42(39)6/h8,12-15,19-24,27-28,30,40H,1,9-11,16-18,25-26H2,2-7H3. The maximum absolute atomic E-state index is 6.04. The fraction of sp³-hybridized carbons (Fsp3) is 0.415. The van der Waals surface area contributed by atoms with Crippen LogP contribution in [0.3, 0.4) is 0 Å². The summed E-state index contributed by atoms with van der Waals surface area (Å²) in [5, 5.41) is 3.15. The lowest BCUT2D eigenvalue weighted by Crippen LogP contribution is -2.40. The van der Waals surface area contributed by atoms with Crippen molar-refractivity contribution >= 4 is 24.2 Å². The van der Waals surface area contributed by atoms with Crippen molar-refractivity contribution in [1.82, 2.24) is 4.57 Å². The zero-order chi connectivity index (χ0) is 31.1. The molecule has 1 heterocycles. The molecule has 0 saturated carbocycles. The van der Waals surface area contributed by atoms with Crippen LogP contribution < -0.4 is 0 Å². The van der Waals surface area contributed by atoms with Gasteiger partial charge in [-0.1, -0.05) is 109 Å². The van der Waals surface area contributed by atoms with Gasteiger partial charge in [0.25, 0.3) is 0 Å². The van der Waals surface area contributed by atoms with Gasteiger partial charge in [0.2, 0.25) is 0 Å². The van der Waals surface area contributed by atoms with Crippen LogP contribution in [0.5, 0.6) is 0 Å². The van der Waals surface area contributed by atoms with Gasteiger partial charge in [0, 0.05) is 41.6 Å². The molecule has 4 aromatic rings. The number of hydrogen-bond acceptors (Lipinski definition) is 1. The number of nitrogens with zero attached hydrogens (tertiary/aromatic N) is 1. The number of rotatable bonds is 12. The van der Waals surface area contributed by atoms with Crippen LogP contribution in [-0.2, 0) is 11.8 Å². The summed E-state index contributed by atoms with van der Waals surface area (Å²) in [6, 6.07) is 27.1. The van der Waals surface area contributed by atoms with Crippen molar-refractivity contribution in [3.8, 4) is 11.3 Å². The quantitative estimate of drug-likeness (QED) is 0.0895. The summed E-state index contributed by atoms with van der Waals surface area (Å²) in [5.41, 5.74) is 12.2. The summed E-state index contributed by atoms with van der Waals surface area (Å²) in [7, 11) is 0.134. The van der Waals surface area contributed by atoms with E-state index in [4.69, 9.17) is 4.74 Å². The highest BCUT2D eigenvalue weighted by Gasteiger charge is 2.49. The van der Waals surface area contributed by atoms with E-state index >= 15 is 0 Å². The van der Waals surface area contributed by atoms with Crippen molar-refractivity contribution in [2.45, 2.75) is 95.9 Å². The Morgan fingerprint density at radius 1 is 0.909 bits per heavy atom. The topological polar surface area (TPSA) is 14.2 Å². The van der Waals surface area contributed by atoms with Gasteiger partial charge in [-0.15, -0.1) is 6.58 Å². The monoisotopic (exact) mass is 601 g/mol. The smallest absolute Gasteiger partial charge is 0.0962 e. The van der Waals surface area contributed by atoms with Gasteiger partial charge in [-0.3, -0.25) is 0 Å². The minimum atomic E-state index is -2.15. The van der Waals surface area contributed by atoms with Gasteiger partial charge in [-0.25, -0.2) is 0 Å². The second-order valence-electron chi connectivity index (χ2n) is 14.5. The Bertz CT molecular complexity index is 1700. The molecule has 44 heavy (non-hydrogen) atoms. The Morgan fingerprint density at radius 2 is 1.61 bits per heavy atom. The van der Waals surface area contributed by atoms with Crippen molar-refractivity contribution in [3.05, 3.63) is 113 Å². The van der Waals surface area contributed by atoms with E-state index in [1.54, 1.807) is 16.3 Å². The minimum absolute atomic E-state index is 0.0552. The SMILES string of the molecule is C=CCCC1C=C([Si](C)(CCCCCCOC(C)(C)C)C2c3ccccc3-c3c2c2cc(C)ccc2n3C)c2ccccc21. The van der Waals surface area contributed by atoms with Crippen LogP contribution in [0.1, 0.15) is 98.6 Å². The normalized spacial score (nSPS) is 18.5. The Labute approximate surface area is 266 Å². The van der Waals surface area contributed by atoms with Gasteiger partial charge < -0.3 is 9.30 Å². The van der Waals surface area contributed by atoms with Gasteiger partial charge >= 0.3 is 0 Å². The molecule has 0 fully saturated rings. The largest absolute Gasteiger partial charge is 0.376 e. The maximum Gasteiger partial charge on any atom is 0.0962 e. The average molecular weight is 602 g/mol. The van der Waals surface area contributed by atoms with Crippen LogP contribution in [0.15, 0.2) is 85.5 Å². The highest BCUT2D eigenvalue weighted by atomic mass is 28.3. The molecule has 1 aromatic heterocycles. The van der Waals surface area contributed by atoms with Crippen molar-refractivity contribution < 1.29 is 4.74 Å². The third-order valence-electron chi connectivity index (χ3n) is 10.3. The Morgan fingerprint density at radius 3 is 2.36 bits per heavy atom. The number of aryl methyl sites for hydroxylation is 2. The van der Waals surface area contributed by atoms with Crippen LogP contribution in [-0.4, -0.2) is 24.8 Å². The molecule has 6 rings (SSSR count). The lowest BCUT2D eigenvalue weighted by Gasteiger charge is -2.37. The first-order valence-electron chi connectivity index (χ1n) is 16.9. The van der Waals surface area contributed by atoms with Gasteiger partial charge in [0.15, 0.2) is 0 Å². The number of fused-ring (bicyclic) bond motifs is 6. The lowest BCUT2D eigenvalue weighted by molar-refractivity contribution is -0.00471. The summed E-state index contributed by atoms with van der Waals surface area (Å²) in [6.45, 7) is 16.4. The van der Waals surface area contributed by atoms with E-state index < -0.39 is 8.07 Å². The summed E-state index contributed by atoms with van der Waals surface area (Å²) < 4.78 is 8.53. The predicted octanol–water partition coefficient (Wildman–Crippen LogP) is 11.3. The number of benzene rings is 3. The van der Waals surface area contributed by atoms with E-state index in [1.807, 2.05) is 0 Å². The van der Waals surface area contributed by atoms with Gasteiger partial charge in [0.1, 0.15) is 0 Å². The van der Waals surface area contributed by atoms with Crippen molar-refractivity contribution in [3.63, 3.8) is 0 Å². The molecule has 0 N–H and O–H groups in total. The van der Waals surface area contributed by atoms with Gasteiger partial charge in [-0.05, 0) is 81.3 Å². The summed E-state index contributed by atoms with van der Waals surface area (Å²) in [4.78, 5) is 0. The molecule has 3 atom stereocenters. The number of allylic oxidation sites excluding steroid dienone is 2. The van der Waals surface area contributed by atoms with Gasteiger partial charge in [-0.2, -0.15) is 0 Å². The van der Waals surface area contributed by atoms with Crippen LogP contribution in [0.4, 0.5) is 0 Å². The highest BCUT2D eigenvalue weighted by molar-refractivity contribution is 6.97.